The molecule has 0 saturated heterocycles. The molecule has 12 heteroatoms. The number of alkyl halides is 3. The number of halogens is 4. The summed E-state index contributed by atoms with van der Waals surface area (Å²) in [7, 11) is 0. The standard InChI is InChI=1S/C16H12Cl4N4O3S/c17-10-6-2-1-5-9(10)13(25)22-14(16(18,19)20)23-15(28)21-11-7-3-4-8-12(11)24(26)27/h1-8,14H,(H,22,25)(H2,21,23,28)/t14-/m0/s1. The number of nitrogens with one attached hydrogen (secondary N) is 3. The molecule has 2 aromatic rings. The highest BCUT2D eigenvalue weighted by Crippen LogP contribution is 2.30. The van der Waals surface area contributed by atoms with Crippen molar-refractivity contribution >= 4 is 81.0 Å². The minimum Gasteiger partial charge on any atom is -0.339 e. The molecule has 148 valence electrons. The third-order valence-electron chi connectivity index (χ3n) is 3.35. The Labute approximate surface area is 185 Å². The van der Waals surface area contributed by atoms with Gasteiger partial charge < -0.3 is 16.0 Å². The molecular weight excluding hydrogens is 470 g/mol. The maximum absolute atomic E-state index is 12.4. The van der Waals surface area contributed by atoms with Crippen LogP contribution in [0, 0.1) is 10.1 Å². The summed E-state index contributed by atoms with van der Waals surface area (Å²) >= 11 is 28.9. The molecule has 0 aliphatic rings. The Morgan fingerprint density at radius 2 is 1.68 bits per heavy atom. The van der Waals surface area contributed by atoms with Gasteiger partial charge in [-0.2, -0.15) is 0 Å². The monoisotopic (exact) mass is 480 g/mol. The van der Waals surface area contributed by atoms with E-state index in [0.717, 1.165) is 0 Å². The first-order valence-corrected chi connectivity index (χ1v) is 9.44. The number of thiocarbonyl (C=S) groups is 1. The van der Waals surface area contributed by atoms with Crippen LogP contribution in [0.25, 0.3) is 0 Å². The Kier molecular flexibility index (Phi) is 7.68. The number of nitro groups is 1. The lowest BCUT2D eigenvalue weighted by atomic mass is 10.2. The number of benzene rings is 2. The SMILES string of the molecule is O=C(N[C@@H](NC(=S)Nc1ccccc1[N+](=O)[O-])C(Cl)(Cl)Cl)c1ccccc1Cl. The van der Waals surface area contributed by atoms with Crippen molar-refractivity contribution in [3.05, 3.63) is 69.2 Å². The van der Waals surface area contributed by atoms with E-state index in [4.69, 9.17) is 58.6 Å². The average molecular weight is 482 g/mol. The highest BCUT2D eigenvalue weighted by Gasteiger charge is 2.35. The van der Waals surface area contributed by atoms with Gasteiger partial charge in [-0.15, -0.1) is 0 Å². The van der Waals surface area contributed by atoms with E-state index in [9.17, 15) is 14.9 Å². The van der Waals surface area contributed by atoms with Crippen LogP contribution in [0.4, 0.5) is 11.4 Å². The van der Waals surface area contributed by atoms with Crippen LogP contribution < -0.4 is 16.0 Å². The summed E-state index contributed by atoms with van der Waals surface area (Å²) in [5, 5.41) is 18.9. The quantitative estimate of drug-likeness (QED) is 0.189. The summed E-state index contributed by atoms with van der Waals surface area (Å²) in [6.45, 7) is 0. The van der Waals surface area contributed by atoms with Gasteiger partial charge in [0.15, 0.2) is 5.11 Å². The third kappa shape index (κ3) is 6.08. The van der Waals surface area contributed by atoms with Gasteiger partial charge in [0.05, 0.1) is 15.5 Å². The molecule has 0 radical (unpaired) electrons. The van der Waals surface area contributed by atoms with E-state index in [0.29, 0.717) is 0 Å². The number of para-hydroxylation sites is 2. The van der Waals surface area contributed by atoms with E-state index in [1.807, 2.05) is 0 Å². The zero-order valence-electron chi connectivity index (χ0n) is 13.8. The molecule has 28 heavy (non-hydrogen) atoms. The largest absolute Gasteiger partial charge is 0.339 e. The number of rotatable bonds is 5. The molecule has 3 N–H and O–H groups in total. The van der Waals surface area contributed by atoms with Crippen LogP contribution in [-0.4, -0.2) is 25.9 Å². The summed E-state index contributed by atoms with van der Waals surface area (Å²) in [5.41, 5.74) is 0.102. The Bertz CT molecular complexity index is 907. The average Bonchev–Trinajstić information content (AvgIpc) is 2.60. The molecule has 0 aliphatic carbocycles. The first-order valence-electron chi connectivity index (χ1n) is 7.52. The van der Waals surface area contributed by atoms with Gasteiger partial charge in [0.1, 0.15) is 11.9 Å². The molecule has 0 heterocycles. The zero-order chi connectivity index (χ0) is 20.9. The van der Waals surface area contributed by atoms with Crippen molar-refractivity contribution < 1.29 is 9.72 Å². The molecule has 0 aliphatic heterocycles. The Balaban J connectivity index is 2.15. The smallest absolute Gasteiger partial charge is 0.292 e. The minimum atomic E-state index is -1.99. The van der Waals surface area contributed by atoms with Crippen LogP contribution in [0.2, 0.25) is 5.02 Å². The van der Waals surface area contributed by atoms with Crippen molar-refractivity contribution in [3.8, 4) is 0 Å². The van der Waals surface area contributed by atoms with Crippen molar-refractivity contribution in [2.24, 2.45) is 0 Å². The van der Waals surface area contributed by atoms with E-state index >= 15 is 0 Å². The van der Waals surface area contributed by atoms with Crippen LogP contribution in [0.1, 0.15) is 10.4 Å². The maximum atomic E-state index is 12.4. The van der Waals surface area contributed by atoms with Crippen molar-refractivity contribution in [1.29, 1.82) is 0 Å². The van der Waals surface area contributed by atoms with Crippen LogP contribution >= 0.6 is 58.6 Å². The van der Waals surface area contributed by atoms with Crippen LogP contribution in [0.15, 0.2) is 48.5 Å². The van der Waals surface area contributed by atoms with Gasteiger partial charge in [-0.1, -0.05) is 70.7 Å². The van der Waals surface area contributed by atoms with Crippen LogP contribution in [0.5, 0.6) is 0 Å². The summed E-state index contributed by atoms with van der Waals surface area (Å²) in [5.74, 6) is -0.608. The number of amides is 1. The van der Waals surface area contributed by atoms with E-state index in [1.54, 1.807) is 18.2 Å². The molecule has 7 nitrogen and oxygen atoms in total. The van der Waals surface area contributed by atoms with Crippen molar-refractivity contribution in [2.75, 3.05) is 5.32 Å². The second kappa shape index (κ2) is 9.58. The number of hydrogen-bond acceptors (Lipinski definition) is 4. The highest BCUT2D eigenvalue weighted by atomic mass is 35.6. The van der Waals surface area contributed by atoms with Crippen molar-refractivity contribution in [2.45, 2.75) is 9.96 Å². The lowest BCUT2D eigenvalue weighted by Gasteiger charge is -2.27. The Morgan fingerprint density at radius 3 is 2.29 bits per heavy atom. The lowest BCUT2D eigenvalue weighted by Crippen LogP contribution is -2.56. The fraction of sp³-hybridized carbons (Fsp3) is 0.125. The molecule has 0 fully saturated rings. The highest BCUT2D eigenvalue weighted by molar-refractivity contribution is 7.80. The lowest BCUT2D eigenvalue weighted by molar-refractivity contribution is -0.383. The third-order valence-corrected chi connectivity index (χ3v) is 4.55. The van der Waals surface area contributed by atoms with Crippen LogP contribution in [0.3, 0.4) is 0 Å². The van der Waals surface area contributed by atoms with E-state index in [1.165, 1.54) is 30.3 Å². The fourth-order valence-electron chi connectivity index (χ4n) is 2.08. The molecular formula is C16H12Cl4N4O3S. The Hall–Kier alpha value is -1.84. The number of carbonyl (C=O) groups excluding carboxylic acids is 1. The molecule has 1 amide bonds. The molecule has 2 aromatic carbocycles. The summed E-state index contributed by atoms with van der Waals surface area (Å²) < 4.78 is -1.99. The van der Waals surface area contributed by atoms with E-state index < -0.39 is 20.8 Å². The predicted molar refractivity (Wildman–Crippen MR) is 115 cm³/mol. The number of carbonyl (C=O) groups is 1. The second-order valence-corrected chi connectivity index (χ2v) is 8.49. The maximum Gasteiger partial charge on any atom is 0.292 e. The number of nitro benzene ring substituents is 1. The summed E-state index contributed by atoms with van der Waals surface area (Å²) in [6, 6.07) is 12.2. The summed E-state index contributed by atoms with van der Waals surface area (Å²) in [6.07, 6.45) is -1.26. The topological polar surface area (TPSA) is 96.3 Å². The fourth-order valence-corrected chi connectivity index (χ4v) is 2.86. The van der Waals surface area contributed by atoms with Gasteiger partial charge in [0.2, 0.25) is 3.79 Å². The van der Waals surface area contributed by atoms with Crippen molar-refractivity contribution in [3.63, 3.8) is 0 Å². The van der Waals surface area contributed by atoms with E-state index in [2.05, 4.69) is 16.0 Å². The number of hydrogen-bond donors (Lipinski definition) is 3. The first-order chi connectivity index (χ1) is 13.1. The zero-order valence-corrected chi connectivity index (χ0v) is 17.6. The first kappa shape index (κ1) is 22.4. The van der Waals surface area contributed by atoms with Gasteiger partial charge in [0.25, 0.3) is 11.6 Å². The van der Waals surface area contributed by atoms with E-state index in [-0.39, 0.29) is 27.1 Å². The molecule has 0 aromatic heterocycles. The number of nitrogens with zero attached hydrogens (tertiary/aromatic N) is 1. The minimum absolute atomic E-state index is 0.106. The Morgan fingerprint density at radius 1 is 1.07 bits per heavy atom. The molecule has 0 bridgehead atoms. The van der Waals surface area contributed by atoms with Gasteiger partial charge >= 0.3 is 0 Å². The molecule has 0 saturated carbocycles. The van der Waals surface area contributed by atoms with Gasteiger partial charge in [-0.05, 0) is 30.4 Å². The van der Waals surface area contributed by atoms with Gasteiger partial charge in [-0.25, -0.2) is 0 Å². The second-order valence-electron chi connectivity index (χ2n) is 5.30. The van der Waals surface area contributed by atoms with Gasteiger partial charge in [-0.3, -0.25) is 14.9 Å². The molecule has 1 atom stereocenters. The predicted octanol–water partition coefficient (Wildman–Crippen LogP) is 4.66. The normalized spacial score (nSPS) is 12.0. The van der Waals surface area contributed by atoms with Crippen LogP contribution in [-0.2, 0) is 0 Å². The molecule has 0 spiro atoms. The molecule has 2 rings (SSSR count). The summed E-state index contributed by atoms with van der Waals surface area (Å²) in [4.78, 5) is 23.0. The van der Waals surface area contributed by atoms with Gasteiger partial charge in [0, 0.05) is 6.07 Å². The van der Waals surface area contributed by atoms with Crippen molar-refractivity contribution in [1.82, 2.24) is 10.6 Å². The molecule has 0 unspecified atom stereocenters. The number of anilines is 1.